The second kappa shape index (κ2) is 8.13. The Morgan fingerprint density at radius 1 is 1.28 bits per heavy atom. The van der Waals surface area contributed by atoms with E-state index in [1.54, 1.807) is 19.1 Å². The van der Waals surface area contributed by atoms with Crippen LogP contribution in [0.1, 0.15) is 18.9 Å². The van der Waals surface area contributed by atoms with Crippen molar-refractivity contribution in [2.24, 2.45) is 16.1 Å². The summed E-state index contributed by atoms with van der Waals surface area (Å²) in [7, 11) is 4.52. The lowest BCUT2D eigenvalue weighted by Gasteiger charge is -2.13. The Bertz CT molecular complexity index is 729. The molecule has 1 aromatic carbocycles. The summed E-state index contributed by atoms with van der Waals surface area (Å²) in [6.45, 7) is 1.69. The maximum absolute atomic E-state index is 11.9. The summed E-state index contributed by atoms with van der Waals surface area (Å²) >= 11 is 0. The van der Waals surface area contributed by atoms with Crippen LogP contribution in [0.25, 0.3) is 0 Å². The summed E-state index contributed by atoms with van der Waals surface area (Å²) in [4.78, 5) is 23.5. The Morgan fingerprint density at radius 3 is 2.56 bits per heavy atom. The normalized spacial score (nSPS) is 16.4. The lowest BCUT2D eigenvalue weighted by molar-refractivity contribution is -0.127. The third kappa shape index (κ3) is 4.06. The summed E-state index contributed by atoms with van der Waals surface area (Å²) < 4.78 is 15.8. The van der Waals surface area contributed by atoms with Gasteiger partial charge in [0.05, 0.1) is 33.5 Å². The topological polar surface area (TPSA) is 111 Å². The molecule has 0 fully saturated rings. The van der Waals surface area contributed by atoms with Crippen LogP contribution in [0.15, 0.2) is 22.3 Å². The van der Waals surface area contributed by atoms with Gasteiger partial charge in [0.2, 0.25) is 17.6 Å². The fourth-order valence-electron chi connectivity index (χ4n) is 2.36. The molecule has 1 aliphatic heterocycles. The summed E-state index contributed by atoms with van der Waals surface area (Å²) in [6.07, 6.45) is 1.40. The molecule has 0 saturated carbocycles. The minimum Gasteiger partial charge on any atom is -0.493 e. The van der Waals surface area contributed by atoms with E-state index in [9.17, 15) is 9.59 Å². The molecule has 134 valence electrons. The van der Waals surface area contributed by atoms with Gasteiger partial charge in [-0.3, -0.25) is 9.59 Å². The van der Waals surface area contributed by atoms with Crippen molar-refractivity contribution < 1.29 is 23.8 Å². The van der Waals surface area contributed by atoms with Crippen LogP contribution in [0.5, 0.6) is 17.2 Å². The number of amides is 2. The highest BCUT2D eigenvalue weighted by Crippen LogP contribution is 2.38. The lowest BCUT2D eigenvalue weighted by Crippen LogP contribution is -2.29. The van der Waals surface area contributed by atoms with Crippen molar-refractivity contribution in [2.75, 3.05) is 21.3 Å². The van der Waals surface area contributed by atoms with E-state index in [-0.39, 0.29) is 12.3 Å². The number of hydrogen-bond acceptors (Lipinski definition) is 7. The van der Waals surface area contributed by atoms with Crippen molar-refractivity contribution in [1.82, 2.24) is 10.9 Å². The molecule has 0 spiro atoms. The summed E-state index contributed by atoms with van der Waals surface area (Å²) in [5, 5.41) is 7.69. The minimum atomic E-state index is -0.564. The van der Waals surface area contributed by atoms with Crippen molar-refractivity contribution in [2.45, 2.75) is 13.3 Å². The van der Waals surface area contributed by atoms with Gasteiger partial charge in [0.1, 0.15) is 0 Å². The van der Waals surface area contributed by atoms with Crippen LogP contribution >= 0.6 is 0 Å². The van der Waals surface area contributed by atoms with Gasteiger partial charge in [0.25, 0.3) is 0 Å². The molecule has 25 heavy (non-hydrogen) atoms. The smallest absolute Gasteiger partial charge is 0.249 e. The minimum absolute atomic E-state index is 0.0262. The van der Waals surface area contributed by atoms with E-state index in [0.29, 0.717) is 28.5 Å². The maximum atomic E-state index is 11.9. The van der Waals surface area contributed by atoms with E-state index >= 15 is 0 Å². The number of benzene rings is 1. The average Bonchev–Trinajstić information content (AvgIpc) is 2.92. The zero-order valence-corrected chi connectivity index (χ0v) is 14.5. The van der Waals surface area contributed by atoms with E-state index < -0.39 is 11.8 Å². The van der Waals surface area contributed by atoms with Crippen LogP contribution in [-0.2, 0) is 9.59 Å². The number of methoxy groups -OCH3 is 3. The number of hydrazone groups is 2. The van der Waals surface area contributed by atoms with Gasteiger partial charge in [-0.1, -0.05) is 0 Å². The number of carbonyl (C=O) groups is 2. The van der Waals surface area contributed by atoms with Crippen LogP contribution in [0.3, 0.4) is 0 Å². The summed E-state index contributed by atoms with van der Waals surface area (Å²) in [5.41, 5.74) is 5.89. The SMILES string of the molecule is COc1ccc(/C=N\NC(=O)C[C@H]2C(=O)NN=C2C)c(OC)c1OC. The second-order valence-electron chi connectivity index (χ2n) is 5.20. The highest BCUT2D eigenvalue weighted by atomic mass is 16.5. The molecular formula is C16H20N4O5. The van der Waals surface area contributed by atoms with E-state index in [4.69, 9.17) is 14.2 Å². The molecule has 2 amide bonds. The molecule has 9 nitrogen and oxygen atoms in total. The lowest BCUT2D eigenvalue weighted by atomic mass is 10.0. The van der Waals surface area contributed by atoms with E-state index in [0.717, 1.165) is 0 Å². The molecule has 0 unspecified atom stereocenters. The number of nitrogens with zero attached hydrogens (tertiary/aromatic N) is 2. The summed E-state index contributed by atoms with van der Waals surface area (Å²) in [5.74, 6) is 0.117. The van der Waals surface area contributed by atoms with Crippen molar-refractivity contribution in [3.05, 3.63) is 17.7 Å². The van der Waals surface area contributed by atoms with Crippen molar-refractivity contribution in [3.63, 3.8) is 0 Å². The predicted octanol–water partition coefficient (Wildman–Crippen LogP) is 0.674. The average molecular weight is 348 g/mol. The molecule has 1 aromatic rings. The van der Waals surface area contributed by atoms with Crippen molar-refractivity contribution in [3.8, 4) is 17.2 Å². The Balaban J connectivity index is 2.05. The zero-order valence-electron chi connectivity index (χ0n) is 14.5. The van der Waals surface area contributed by atoms with E-state index in [2.05, 4.69) is 21.1 Å². The van der Waals surface area contributed by atoms with Gasteiger partial charge >= 0.3 is 0 Å². The summed E-state index contributed by atoms with van der Waals surface area (Å²) in [6, 6.07) is 3.42. The number of ether oxygens (including phenoxy) is 3. The molecule has 0 saturated heterocycles. The van der Waals surface area contributed by atoms with E-state index in [1.165, 1.54) is 27.5 Å². The number of rotatable bonds is 7. The number of hydrogen-bond donors (Lipinski definition) is 2. The van der Waals surface area contributed by atoms with Gasteiger partial charge in [0, 0.05) is 17.7 Å². The molecule has 0 bridgehead atoms. The molecule has 1 atom stereocenters. The van der Waals surface area contributed by atoms with Crippen LogP contribution in [0, 0.1) is 5.92 Å². The highest BCUT2D eigenvalue weighted by molar-refractivity contribution is 6.09. The van der Waals surface area contributed by atoms with Gasteiger partial charge in [-0.2, -0.15) is 10.2 Å². The molecule has 1 heterocycles. The third-order valence-electron chi connectivity index (χ3n) is 3.68. The number of nitrogens with one attached hydrogen (secondary N) is 2. The van der Waals surface area contributed by atoms with Crippen molar-refractivity contribution in [1.29, 1.82) is 0 Å². The first-order valence-corrected chi connectivity index (χ1v) is 7.46. The fraction of sp³-hybridized carbons (Fsp3) is 0.375. The Kier molecular flexibility index (Phi) is 5.93. The first kappa shape index (κ1) is 18.2. The first-order chi connectivity index (χ1) is 12.0. The van der Waals surface area contributed by atoms with Gasteiger partial charge in [-0.25, -0.2) is 10.9 Å². The van der Waals surface area contributed by atoms with E-state index in [1.807, 2.05) is 0 Å². The van der Waals surface area contributed by atoms with Crippen LogP contribution in [0.4, 0.5) is 0 Å². The number of carbonyl (C=O) groups excluding carboxylic acids is 2. The van der Waals surface area contributed by atoms with Crippen LogP contribution in [-0.4, -0.2) is 45.1 Å². The molecule has 2 N–H and O–H groups in total. The second-order valence-corrected chi connectivity index (χ2v) is 5.20. The van der Waals surface area contributed by atoms with Gasteiger partial charge < -0.3 is 14.2 Å². The molecule has 0 aromatic heterocycles. The molecule has 2 rings (SSSR count). The molecule has 0 aliphatic carbocycles. The van der Waals surface area contributed by atoms with Crippen molar-refractivity contribution >= 4 is 23.7 Å². The fourth-order valence-corrected chi connectivity index (χ4v) is 2.36. The predicted molar refractivity (Wildman–Crippen MR) is 91.2 cm³/mol. The Hall–Kier alpha value is -3.10. The molecule has 0 radical (unpaired) electrons. The van der Waals surface area contributed by atoms with Gasteiger partial charge in [0.15, 0.2) is 11.5 Å². The van der Waals surface area contributed by atoms with Gasteiger partial charge in [-0.05, 0) is 19.1 Å². The van der Waals surface area contributed by atoms with Crippen LogP contribution in [0.2, 0.25) is 0 Å². The standard InChI is InChI=1S/C16H20N4O5/c1-9-11(16(22)20-18-9)7-13(21)19-17-8-10-5-6-12(23-2)15(25-4)14(10)24-3/h5-6,8,11H,7H2,1-4H3,(H,19,21)(H,20,22)/b17-8-/t11-/m1/s1. The van der Waals surface area contributed by atoms with Crippen LogP contribution < -0.4 is 25.1 Å². The third-order valence-corrected chi connectivity index (χ3v) is 3.68. The highest BCUT2D eigenvalue weighted by Gasteiger charge is 2.29. The molecule has 1 aliphatic rings. The Labute approximate surface area is 145 Å². The Morgan fingerprint density at radius 2 is 2.00 bits per heavy atom. The quantitative estimate of drug-likeness (QED) is 0.556. The molecule has 9 heteroatoms. The zero-order chi connectivity index (χ0) is 18.4. The van der Waals surface area contributed by atoms with Gasteiger partial charge in [-0.15, -0.1) is 0 Å². The maximum Gasteiger partial charge on any atom is 0.249 e. The monoisotopic (exact) mass is 348 g/mol. The molecular weight excluding hydrogens is 328 g/mol. The first-order valence-electron chi connectivity index (χ1n) is 7.46. The largest absolute Gasteiger partial charge is 0.493 e.